The molecule has 1 N–H and O–H groups in total. The number of aliphatic hydroxyl groups excluding tert-OH is 1. The normalized spacial score (nSPS) is 19.8. The minimum Gasteiger partial charge on any atom is -0.394 e. The lowest BCUT2D eigenvalue weighted by Crippen LogP contribution is -2.42. The van der Waals surface area contributed by atoms with Crippen molar-refractivity contribution < 1.29 is 18.9 Å². The summed E-state index contributed by atoms with van der Waals surface area (Å²) in [6, 6.07) is 18.1. The first-order chi connectivity index (χ1) is 12.5. The number of carbonyl (C=O) groups excluding carboxylic acids is 2. The van der Waals surface area contributed by atoms with Crippen molar-refractivity contribution in [1.29, 1.82) is 0 Å². The molecule has 26 heavy (non-hydrogen) atoms. The van der Waals surface area contributed by atoms with Gasteiger partial charge in [0.25, 0.3) is 0 Å². The molecular formula is C20H21NO4S. The van der Waals surface area contributed by atoms with E-state index in [4.69, 9.17) is 0 Å². The Kier molecular flexibility index (Phi) is 5.64. The fraction of sp³-hybridized carbons (Fsp3) is 0.300. The van der Waals surface area contributed by atoms with Crippen LogP contribution in [0, 0.1) is 0 Å². The van der Waals surface area contributed by atoms with Gasteiger partial charge in [0, 0.05) is 10.8 Å². The highest BCUT2D eigenvalue weighted by atomic mass is 32.2. The van der Waals surface area contributed by atoms with E-state index in [0.29, 0.717) is 0 Å². The van der Waals surface area contributed by atoms with Gasteiger partial charge in [0.15, 0.2) is 0 Å². The molecule has 0 spiro atoms. The minimum atomic E-state index is -1.62. The van der Waals surface area contributed by atoms with E-state index < -0.39 is 33.2 Å². The van der Waals surface area contributed by atoms with Crippen LogP contribution >= 0.6 is 0 Å². The van der Waals surface area contributed by atoms with Crippen LogP contribution in [0.25, 0.3) is 0 Å². The zero-order valence-corrected chi connectivity index (χ0v) is 15.3. The second-order valence-electron chi connectivity index (χ2n) is 6.36. The van der Waals surface area contributed by atoms with E-state index in [1.807, 2.05) is 60.7 Å². The van der Waals surface area contributed by atoms with Crippen molar-refractivity contribution in [3.8, 4) is 0 Å². The summed E-state index contributed by atoms with van der Waals surface area (Å²) >= 11 is 0. The van der Waals surface area contributed by atoms with Crippen LogP contribution in [0.15, 0.2) is 60.7 Å². The molecule has 3 rings (SSSR count). The quantitative estimate of drug-likeness (QED) is 0.789. The van der Waals surface area contributed by atoms with Crippen molar-refractivity contribution in [2.45, 2.75) is 29.9 Å². The maximum atomic E-state index is 13.4. The summed E-state index contributed by atoms with van der Waals surface area (Å²) in [7, 11) is -1.62. The van der Waals surface area contributed by atoms with Crippen molar-refractivity contribution >= 4 is 22.6 Å². The third-order valence-electron chi connectivity index (χ3n) is 4.56. The highest BCUT2D eigenvalue weighted by Gasteiger charge is 2.46. The van der Waals surface area contributed by atoms with Gasteiger partial charge in [-0.1, -0.05) is 60.7 Å². The number of amides is 2. The van der Waals surface area contributed by atoms with Gasteiger partial charge < -0.3 is 5.11 Å². The van der Waals surface area contributed by atoms with Crippen LogP contribution in [-0.4, -0.2) is 43.9 Å². The molecule has 3 atom stereocenters. The molecule has 1 saturated heterocycles. The van der Waals surface area contributed by atoms with Crippen molar-refractivity contribution in [1.82, 2.24) is 4.90 Å². The zero-order valence-electron chi connectivity index (χ0n) is 14.4. The highest BCUT2D eigenvalue weighted by molar-refractivity contribution is 7.87. The first-order valence-electron chi connectivity index (χ1n) is 8.50. The fourth-order valence-electron chi connectivity index (χ4n) is 3.23. The first kappa shape index (κ1) is 18.5. The molecule has 2 amide bonds. The van der Waals surface area contributed by atoms with E-state index in [1.54, 1.807) is 6.92 Å². The smallest absolute Gasteiger partial charge is 0.245 e. The average Bonchev–Trinajstić information content (AvgIpc) is 2.97. The highest BCUT2D eigenvalue weighted by Crippen LogP contribution is 2.34. The number of benzene rings is 2. The van der Waals surface area contributed by atoms with E-state index >= 15 is 0 Å². The van der Waals surface area contributed by atoms with Crippen LogP contribution in [0.3, 0.4) is 0 Å². The molecule has 0 bridgehead atoms. The third kappa shape index (κ3) is 3.48. The van der Waals surface area contributed by atoms with Gasteiger partial charge >= 0.3 is 0 Å². The van der Waals surface area contributed by atoms with E-state index in [1.165, 1.54) is 0 Å². The molecular weight excluding hydrogens is 350 g/mol. The van der Waals surface area contributed by atoms with E-state index in [9.17, 15) is 18.9 Å². The van der Waals surface area contributed by atoms with Gasteiger partial charge in [0.05, 0.1) is 24.3 Å². The second-order valence-corrected chi connectivity index (χ2v) is 8.05. The van der Waals surface area contributed by atoms with Crippen LogP contribution in [0.4, 0.5) is 0 Å². The molecule has 0 aliphatic carbocycles. The Morgan fingerprint density at radius 3 is 2.00 bits per heavy atom. The second kappa shape index (κ2) is 7.93. The van der Waals surface area contributed by atoms with Gasteiger partial charge in [-0.2, -0.15) is 0 Å². The Morgan fingerprint density at radius 1 is 1.04 bits per heavy atom. The lowest BCUT2D eigenvalue weighted by molar-refractivity contribution is -0.141. The Balaban J connectivity index is 1.97. The van der Waals surface area contributed by atoms with Gasteiger partial charge in [-0.3, -0.25) is 18.7 Å². The molecule has 3 unspecified atom stereocenters. The summed E-state index contributed by atoms with van der Waals surface area (Å²) in [6.07, 6.45) is -0.0913. The van der Waals surface area contributed by atoms with Gasteiger partial charge in [-0.25, -0.2) is 0 Å². The lowest BCUT2D eigenvalue weighted by atomic mass is 10.0. The number of likely N-dealkylation sites (tertiary alicyclic amines) is 1. The standard InChI is InChI=1S/C20H21NO4S/c1-14(13-22)21-18(23)12-17(20(21)24)26(25)19(15-8-4-2-5-9-15)16-10-6-3-7-11-16/h2-11,14,17,19,22H,12-13H2,1H3. The van der Waals surface area contributed by atoms with E-state index in [-0.39, 0.29) is 18.9 Å². The maximum absolute atomic E-state index is 13.4. The van der Waals surface area contributed by atoms with Crippen molar-refractivity contribution in [2.24, 2.45) is 0 Å². The van der Waals surface area contributed by atoms with Crippen LogP contribution in [0.5, 0.6) is 0 Å². The number of hydrogen-bond donors (Lipinski definition) is 1. The summed E-state index contributed by atoms with van der Waals surface area (Å²) in [6.45, 7) is 1.30. The molecule has 5 nitrogen and oxygen atoms in total. The molecule has 136 valence electrons. The van der Waals surface area contributed by atoms with Gasteiger partial charge in [-0.05, 0) is 18.1 Å². The van der Waals surface area contributed by atoms with Crippen molar-refractivity contribution in [3.63, 3.8) is 0 Å². The number of aliphatic hydroxyl groups is 1. The molecule has 2 aromatic rings. The molecule has 0 saturated carbocycles. The van der Waals surface area contributed by atoms with Crippen LogP contribution in [-0.2, 0) is 20.4 Å². The summed E-state index contributed by atoms with van der Waals surface area (Å²) < 4.78 is 13.4. The Hall–Kier alpha value is -2.31. The number of nitrogens with zero attached hydrogens (tertiary/aromatic N) is 1. The average molecular weight is 371 g/mol. The number of imide groups is 1. The number of carbonyl (C=O) groups is 2. The monoisotopic (exact) mass is 371 g/mol. The number of hydrogen-bond acceptors (Lipinski definition) is 4. The lowest BCUT2D eigenvalue weighted by Gasteiger charge is -2.23. The molecule has 0 radical (unpaired) electrons. The Morgan fingerprint density at radius 2 is 1.54 bits per heavy atom. The molecule has 1 fully saturated rings. The van der Waals surface area contributed by atoms with Gasteiger partial charge in [0.1, 0.15) is 5.25 Å². The van der Waals surface area contributed by atoms with Crippen LogP contribution in [0.1, 0.15) is 29.7 Å². The maximum Gasteiger partial charge on any atom is 0.245 e. The predicted molar refractivity (Wildman–Crippen MR) is 99.7 cm³/mol. The van der Waals surface area contributed by atoms with Gasteiger partial charge in [0.2, 0.25) is 11.8 Å². The zero-order chi connectivity index (χ0) is 18.7. The molecule has 6 heteroatoms. The third-order valence-corrected chi connectivity index (χ3v) is 6.50. The summed E-state index contributed by atoms with van der Waals surface area (Å²) in [5.41, 5.74) is 1.68. The van der Waals surface area contributed by atoms with E-state index in [0.717, 1.165) is 16.0 Å². The Labute approximate surface area is 155 Å². The SMILES string of the molecule is CC(CO)N1C(=O)CC(S(=O)C(c2ccccc2)c2ccccc2)C1=O. The summed E-state index contributed by atoms with van der Waals surface area (Å²) in [4.78, 5) is 26.0. The fourth-order valence-corrected chi connectivity index (χ4v) is 5.03. The van der Waals surface area contributed by atoms with Crippen LogP contribution in [0.2, 0.25) is 0 Å². The molecule has 1 aliphatic heterocycles. The molecule has 0 aromatic heterocycles. The van der Waals surface area contributed by atoms with E-state index in [2.05, 4.69) is 0 Å². The van der Waals surface area contributed by atoms with Crippen molar-refractivity contribution in [3.05, 3.63) is 71.8 Å². The summed E-state index contributed by atoms with van der Waals surface area (Å²) in [5.74, 6) is -0.846. The Bertz CT molecular complexity index is 770. The molecule has 1 heterocycles. The largest absolute Gasteiger partial charge is 0.394 e. The number of rotatable bonds is 6. The van der Waals surface area contributed by atoms with Crippen molar-refractivity contribution in [2.75, 3.05) is 6.61 Å². The topological polar surface area (TPSA) is 74.7 Å². The minimum absolute atomic E-state index is 0.0913. The summed E-state index contributed by atoms with van der Waals surface area (Å²) in [5, 5.41) is 7.90. The van der Waals surface area contributed by atoms with Gasteiger partial charge in [-0.15, -0.1) is 0 Å². The predicted octanol–water partition coefficient (Wildman–Crippen LogP) is 2.03. The van der Waals surface area contributed by atoms with Crippen LogP contribution < -0.4 is 0 Å². The molecule has 2 aromatic carbocycles. The first-order valence-corrected chi connectivity index (χ1v) is 9.78. The molecule has 1 aliphatic rings.